The quantitative estimate of drug-likeness (QED) is 0.479. The van der Waals surface area contributed by atoms with Crippen molar-refractivity contribution in [3.8, 4) is 5.75 Å². The standard InChI is InChI=1S/C23H22N2O4S/c26-22(21-5-2-14-30-21)24-19-6-8-20(9-7-19)29-23(27)18-4-1-3-17(15-18)16-25-10-12-28-13-11-25/h1-9,14-15H,10-13,16H2,(H,24,26). The first kappa shape index (κ1) is 20.3. The van der Waals surface area contributed by atoms with E-state index in [-0.39, 0.29) is 5.91 Å². The molecule has 2 heterocycles. The molecule has 0 atom stereocenters. The van der Waals surface area contributed by atoms with Gasteiger partial charge < -0.3 is 14.8 Å². The van der Waals surface area contributed by atoms with E-state index in [1.54, 1.807) is 36.4 Å². The highest BCUT2D eigenvalue weighted by molar-refractivity contribution is 7.12. The van der Waals surface area contributed by atoms with Gasteiger partial charge in [0.25, 0.3) is 5.91 Å². The molecule has 0 radical (unpaired) electrons. The fourth-order valence-electron chi connectivity index (χ4n) is 3.19. The molecular weight excluding hydrogens is 400 g/mol. The molecular formula is C23H22N2O4S. The second-order valence-electron chi connectivity index (χ2n) is 6.93. The van der Waals surface area contributed by atoms with Crippen molar-refractivity contribution in [2.24, 2.45) is 0 Å². The summed E-state index contributed by atoms with van der Waals surface area (Å²) in [7, 11) is 0. The molecule has 1 aliphatic heterocycles. The molecule has 0 unspecified atom stereocenters. The number of hydrogen-bond acceptors (Lipinski definition) is 6. The van der Waals surface area contributed by atoms with Crippen molar-refractivity contribution < 1.29 is 19.1 Å². The molecule has 1 aromatic heterocycles. The lowest BCUT2D eigenvalue weighted by atomic mass is 10.1. The molecule has 0 saturated carbocycles. The third-order valence-corrected chi connectivity index (χ3v) is 5.61. The Hall–Kier alpha value is -3.00. The van der Waals surface area contributed by atoms with Crippen LogP contribution < -0.4 is 10.1 Å². The van der Waals surface area contributed by atoms with E-state index in [0.717, 1.165) is 38.4 Å². The van der Waals surface area contributed by atoms with Crippen LogP contribution in [0, 0.1) is 0 Å². The predicted octanol–water partition coefficient (Wildman–Crippen LogP) is 4.05. The van der Waals surface area contributed by atoms with E-state index in [1.165, 1.54) is 11.3 Å². The van der Waals surface area contributed by atoms with Crippen molar-refractivity contribution in [2.45, 2.75) is 6.54 Å². The Bertz CT molecular complexity index is 996. The van der Waals surface area contributed by atoms with Gasteiger partial charge in [0.2, 0.25) is 0 Å². The molecule has 7 heteroatoms. The first-order chi connectivity index (χ1) is 14.7. The lowest BCUT2D eigenvalue weighted by Crippen LogP contribution is -2.35. The number of nitrogens with zero attached hydrogens (tertiary/aromatic N) is 1. The van der Waals surface area contributed by atoms with Crippen molar-refractivity contribution in [2.75, 3.05) is 31.6 Å². The first-order valence-electron chi connectivity index (χ1n) is 9.73. The first-order valence-corrected chi connectivity index (χ1v) is 10.6. The van der Waals surface area contributed by atoms with Gasteiger partial charge in [-0.1, -0.05) is 18.2 Å². The van der Waals surface area contributed by atoms with Crippen LogP contribution in [0.3, 0.4) is 0 Å². The summed E-state index contributed by atoms with van der Waals surface area (Å²) in [5.74, 6) is -0.145. The van der Waals surface area contributed by atoms with Crippen LogP contribution in [0.2, 0.25) is 0 Å². The van der Waals surface area contributed by atoms with Gasteiger partial charge >= 0.3 is 5.97 Å². The van der Waals surface area contributed by atoms with Crippen LogP contribution in [0.1, 0.15) is 25.6 Å². The molecule has 1 saturated heterocycles. The topological polar surface area (TPSA) is 67.9 Å². The Balaban J connectivity index is 1.35. The van der Waals surface area contributed by atoms with Crippen molar-refractivity contribution >= 4 is 28.9 Å². The van der Waals surface area contributed by atoms with E-state index in [2.05, 4.69) is 10.2 Å². The third-order valence-electron chi connectivity index (χ3n) is 4.74. The van der Waals surface area contributed by atoms with Gasteiger partial charge in [0.05, 0.1) is 23.7 Å². The number of rotatable bonds is 6. The summed E-state index contributed by atoms with van der Waals surface area (Å²) in [5.41, 5.74) is 2.22. The molecule has 1 amide bonds. The Kier molecular flexibility index (Phi) is 6.53. The Morgan fingerprint density at radius 1 is 1.03 bits per heavy atom. The Morgan fingerprint density at radius 2 is 1.83 bits per heavy atom. The molecule has 0 bridgehead atoms. The SMILES string of the molecule is O=C(Oc1ccc(NC(=O)c2cccs2)cc1)c1cccc(CN2CCOCC2)c1. The summed E-state index contributed by atoms with van der Waals surface area (Å²) in [6, 6.07) is 17.9. The Morgan fingerprint density at radius 3 is 2.57 bits per heavy atom. The number of esters is 1. The maximum absolute atomic E-state index is 12.6. The van der Waals surface area contributed by atoms with Crippen molar-refractivity contribution in [1.29, 1.82) is 0 Å². The number of benzene rings is 2. The molecule has 1 aliphatic rings. The summed E-state index contributed by atoms with van der Waals surface area (Å²) >= 11 is 1.38. The van der Waals surface area contributed by atoms with Gasteiger partial charge in [0, 0.05) is 25.3 Å². The summed E-state index contributed by atoms with van der Waals surface area (Å²) < 4.78 is 10.9. The maximum atomic E-state index is 12.6. The molecule has 6 nitrogen and oxygen atoms in total. The highest BCUT2D eigenvalue weighted by Gasteiger charge is 2.14. The fourth-order valence-corrected chi connectivity index (χ4v) is 3.81. The molecule has 1 fully saturated rings. The van der Waals surface area contributed by atoms with Gasteiger partial charge in [-0.15, -0.1) is 11.3 Å². The monoisotopic (exact) mass is 422 g/mol. The second kappa shape index (κ2) is 9.67. The zero-order valence-electron chi connectivity index (χ0n) is 16.4. The summed E-state index contributed by atoms with van der Waals surface area (Å²) in [6.07, 6.45) is 0. The van der Waals surface area contributed by atoms with Crippen molar-refractivity contribution in [1.82, 2.24) is 4.90 Å². The lowest BCUT2D eigenvalue weighted by Gasteiger charge is -2.26. The second-order valence-corrected chi connectivity index (χ2v) is 7.88. The number of thiophene rings is 1. The number of ether oxygens (including phenoxy) is 2. The molecule has 30 heavy (non-hydrogen) atoms. The Labute approximate surface area is 179 Å². The minimum Gasteiger partial charge on any atom is -0.423 e. The molecule has 2 aromatic carbocycles. The number of carbonyl (C=O) groups is 2. The lowest BCUT2D eigenvalue weighted by molar-refractivity contribution is 0.0341. The van der Waals surface area contributed by atoms with Crippen LogP contribution >= 0.6 is 11.3 Å². The van der Waals surface area contributed by atoms with E-state index < -0.39 is 5.97 Å². The number of morpholine rings is 1. The zero-order chi connectivity index (χ0) is 20.8. The van der Waals surface area contributed by atoms with Crippen LogP contribution in [-0.2, 0) is 11.3 Å². The summed E-state index contributed by atoms with van der Waals surface area (Å²) in [4.78, 5) is 27.6. The van der Waals surface area contributed by atoms with E-state index in [4.69, 9.17) is 9.47 Å². The third kappa shape index (κ3) is 5.33. The number of anilines is 1. The van der Waals surface area contributed by atoms with Crippen LogP contribution in [-0.4, -0.2) is 43.1 Å². The van der Waals surface area contributed by atoms with E-state index in [0.29, 0.717) is 21.9 Å². The van der Waals surface area contributed by atoms with E-state index in [1.807, 2.05) is 29.6 Å². The number of amides is 1. The van der Waals surface area contributed by atoms with Gasteiger partial charge in [-0.25, -0.2) is 4.79 Å². The summed E-state index contributed by atoms with van der Waals surface area (Å²) in [5, 5.41) is 4.67. The van der Waals surface area contributed by atoms with E-state index in [9.17, 15) is 9.59 Å². The fraction of sp³-hybridized carbons (Fsp3) is 0.217. The molecule has 1 N–H and O–H groups in total. The van der Waals surface area contributed by atoms with Gasteiger partial charge in [0.1, 0.15) is 5.75 Å². The molecule has 154 valence electrons. The van der Waals surface area contributed by atoms with Gasteiger partial charge in [-0.3, -0.25) is 9.69 Å². The summed E-state index contributed by atoms with van der Waals surface area (Å²) in [6.45, 7) is 4.05. The molecule has 0 spiro atoms. The predicted molar refractivity (Wildman–Crippen MR) is 116 cm³/mol. The zero-order valence-corrected chi connectivity index (χ0v) is 17.2. The average Bonchev–Trinajstić information content (AvgIpc) is 3.31. The van der Waals surface area contributed by atoms with Crippen LogP contribution in [0.5, 0.6) is 5.75 Å². The number of hydrogen-bond donors (Lipinski definition) is 1. The van der Waals surface area contributed by atoms with Crippen LogP contribution in [0.15, 0.2) is 66.0 Å². The number of nitrogens with one attached hydrogen (secondary N) is 1. The molecule has 0 aliphatic carbocycles. The minimum absolute atomic E-state index is 0.160. The van der Waals surface area contributed by atoms with Crippen molar-refractivity contribution in [3.05, 3.63) is 82.0 Å². The normalized spacial score (nSPS) is 14.3. The minimum atomic E-state index is -0.408. The molecule has 3 aromatic rings. The van der Waals surface area contributed by atoms with Crippen LogP contribution in [0.25, 0.3) is 0 Å². The highest BCUT2D eigenvalue weighted by atomic mass is 32.1. The van der Waals surface area contributed by atoms with Gasteiger partial charge in [0.15, 0.2) is 0 Å². The number of carbonyl (C=O) groups excluding carboxylic acids is 2. The largest absolute Gasteiger partial charge is 0.423 e. The van der Waals surface area contributed by atoms with E-state index >= 15 is 0 Å². The maximum Gasteiger partial charge on any atom is 0.343 e. The van der Waals surface area contributed by atoms with Crippen LogP contribution in [0.4, 0.5) is 5.69 Å². The van der Waals surface area contributed by atoms with Gasteiger partial charge in [-0.2, -0.15) is 0 Å². The smallest absolute Gasteiger partial charge is 0.343 e. The molecule has 4 rings (SSSR count). The highest BCUT2D eigenvalue weighted by Crippen LogP contribution is 2.19. The van der Waals surface area contributed by atoms with Gasteiger partial charge in [-0.05, 0) is 53.4 Å². The average molecular weight is 423 g/mol. The van der Waals surface area contributed by atoms with Crippen molar-refractivity contribution in [3.63, 3.8) is 0 Å².